The first-order valence-electron chi connectivity index (χ1n) is 9.65. The van der Waals surface area contributed by atoms with Gasteiger partial charge in [-0.2, -0.15) is 26.3 Å². The summed E-state index contributed by atoms with van der Waals surface area (Å²) >= 11 is 0. The van der Waals surface area contributed by atoms with E-state index in [1.54, 1.807) is 32.4 Å². The Labute approximate surface area is 186 Å². The second-order valence-electron chi connectivity index (χ2n) is 6.79. The number of urea groups is 1. The number of imidazole rings is 1. The highest BCUT2D eigenvalue weighted by Gasteiger charge is 2.46. The highest BCUT2D eigenvalue weighted by atomic mass is 19.4. The molecule has 0 radical (unpaired) electrons. The lowest BCUT2D eigenvalue weighted by Gasteiger charge is -2.16. The minimum Gasteiger partial charge on any atom is -0.388 e. The van der Waals surface area contributed by atoms with Gasteiger partial charge in [-0.1, -0.05) is 6.07 Å². The molecule has 14 heteroatoms. The van der Waals surface area contributed by atoms with E-state index in [2.05, 4.69) is 25.2 Å². The van der Waals surface area contributed by atoms with Crippen LogP contribution in [0.25, 0.3) is 11.0 Å². The number of carbonyl (C=O) groups excluding carboxylic acids is 1. The summed E-state index contributed by atoms with van der Waals surface area (Å²) in [6.07, 6.45) is -8.77. The van der Waals surface area contributed by atoms with Gasteiger partial charge >= 0.3 is 18.4 Å². The maximum absolute atomic E-state index is 12.7. The Balaban J connectivity index is 0.00000101. The highest BCUT2D eigenvalue weighted by Crippen LogP contribution is 2.25. The third kappa shape index (κ3) is 9.43. The molecule has 1 aromatic carbocycles. The van der Waals surface area contributed by atoms with Crippen molar-refractivity contribution in [3.8, 4) is 0 Å². The van der Waals surface area contributed by atoms with Crippen LogP contribution in [-0.2, 0) is 22.4 Å². The van der Waals surface area contributed by atoms with E-state index in [-0.39, 0.29) is 19.6 Å². The number of carbonyl (C=O) groups is 1. The average Bonchev–Trinajstić information content (AvgIpc) is 3.29. The number of hydrogen-bond donors (Lipinski definition) is 3. The van der Waals surface area contributed by atoms with Gasteiger partial charge in [0.15, 0.2) is 0 Å². The molecule has 0 aliphatic carbocycles. The molecule has 3 rings (SSSR count). The molecule has 2 amide bonds. The van der Waals surface area contributed by atoms with Gasteiger partial charge in [-0.05, 0) is 24.7 Å². The van der Waals surface area contributed by atoms with Crippen LogP contribution in [0.2, 0.25) is 0 Å². The molecule has 1 aromatic heterocycles. The SMILES string of the molecule is CN.COC.O=C1NC(C(F)(F)F)CN1Cc1ccc2nc(CCOCC(F)(F)F)[nH]c2c1. The summed E-state index contributed by atoms with van der Waals surface area (Å²) in [6.45, 7) is -2.00. The number of nitrogens with two attached hydrogens (primary N) is 1. The smallest absolute Gasteiger partial charge is 0.388 e. The van der Waals surface area contributed by atoms with Crippen LogP contribution in [0.5, 0.6) is 0 Å². The van der Waals surface area contributed by atoms with Gasteiger partial charge in [-0.25, -0.2) is 9.78 Å². The fourth-order valence-electron chi connectivity index (χ4n) is 2.81. The van der Waals surface area contributed by atoms with E-state index in [1.807, 2.05) is 5.32 Å². The van der Waals surface area contributed by atoms with E-state index in [9.17, 15) is 31.1 Å². The van der Waals surface area contributed by atoms with Crippen LogP contribution >= 0.6 is 0 Å². The number of fused-ring (bicyclic) bond motifs is 1. The Morgan fingerprint density at radius 1 is 1.18 bits per heavy atom. The summed E-state index contributed by atoms with van der Waals surface area (Å²) in [6, 6.07) is 2.18. The third-order valence-electron chi connectivity index (χ3n) is 4.10. The number of halogens is 6. The zero-order valence-electron chi connectivity index (χ0n) is 18.3. The van der Waals surface area contributed by atoms with Gasteiger partial charge < -0.3 is 30.4 Å². The molecule has 0 bridgehead atoms. The van der Waals surface area contributed by atoms with Crippen molar-refractivity contribution in [2.75, 3.05) is 41.0 Å². The van der Waals surface area contributed by atoms with Crippen molar-refractivity contribution in [2.45, 2.75) is 31.4 Å². The van der Waals surface area contributed by atoms with Crippen LogP contribution in [0.1, 0.15) is 11.4 Å². The van der Waals surface area contributed by atoms with E-state index in [0.717, 1.165) is 4.90 Å². The van der Waals surface area contributed by atoms with Crippen LogP contribution in [-0.4, -0.2) is 80.3 Å². The normalized spacial score (nSPS) is 16.1. The quantitative estimate of drug-likeness (QED) is 0.429. The molecule has 8 nitrogen and oxygen atoms in total. The molecule has 0 saturated carbocycles. The number of aromatic amines is 1. The van der Waals surface area contributed by atoms with Gasteiger partial charge in [0.25, 0.3) is 0 Å². The zero-order valence-corrected chi connectivity index (χ0v) is 18.3. The number of benzene rings is 1. The Kier molecular flexibility index (Phi) is 10.9. The number of methoxy groups -OCH3 is 1. The Morgan fingerprint density at radius 2 is 1.82 bits per heavy atom. The van der Waals surface area contributed by atoms with Gasteiger partial charge in [0.05, 0.1) is 24.2 Å². The number of aromatic nitrogens is 2. The van der Waals surface area contributed by atoms with Crippen LogP contribution in [0, 0.1) is 0 Å². The van der Waals surface area contributed by atoms with Gasteiger partial charge in [0.2, 0.25) is 0 Å². The summed E-state index contributed by atoms with van der Waals surface area (Å²) in [5, 5.41) is 1.89. The van der Waals surface area contributed by atoms with Crippen LogP contribution in [0.3, 0.4) is 0 Å². The van der Waals surface area contributed by atoms with E-state index >= 15 is 0 Å². The predicted molar refractivity (Wildman–Crippen MR) is 109 cm³/mol. The van der Waals surface area contributed by atoms with Crippen molar-refractivity contribution in [1.29, 1.82) is 0 Å². The van der Waals surface area contributed by atoms with Crippen LogP contribution < -0.4 is 11.1 Å². The lowest BCUT2D eigenvalue weighted by atomic mass is 10.2. The molecule has 1 aliphatic rings. The molecule has 2 aromatic rings. The maximum atomic E-state index is 12.7. The van der Waals surface area contributed by atoms with Gasteiger partial charge in [0.1, 0.15) is 18.5 Å². The molecule has 188 valence electrons. The molecule has 2 heterocycles. The number of alkyl halides is 6. The minimum atomic E-state index is -4.51. The Bertz CT molecular complexity index is 872. The van der Waals surface area contributed by atoms with Gasteiger partial charge in [-0.3, -0.25) is 0 Å². The molecule has 1 unspecified atom stereocenters. The molecule has 4 N–H and O–H groups in total. The van der Waals surface area contributed by atoms with E-state index in [0.29, 0.717) is 22.4 Å². The molecule has 1 saturated heterocycles. The van der Waals surface area contributed by atoms with Crippen molar-refractivity contribution < 1.29 is 40.6 Å². The number of rotatable bonds is 6. The molecule has 1 fully saturated rings. The lowest BCUT2D eigenvalue weighted by Crippen LogP contribution is -2.40. The average molecular weight is 487 g/mol. The largest absolute Gasteiger partial charge is 0.411 e. The topological polar surface area (TPSA) is 106 Å². The van der Waals surface area contributed by atoms with E-state index < -0.39 is 37.6 Å². The summed E-state index contributed by atoms with van der Waals surface area (Å²) < 4.78 is 83.1. The van der Waals surface area contributed by atoms with E-state index in [1.165, 1.54) is 7.05 Å². The van der Waals surface area contributed by atoms with Crippen molar-refractivity contribution >= 4 is 17.1 Å². The summed E-state index contributed by atoms with van der Waals surface area (Å²) in [7, 11) is 4.75. The summed E-state index contributed by atoms with van der Waals surface area (Å²) in [5.41, 5.74) is 6.21. The van der Waals surface area contributed by atoms with Crippen molar-refractivity contribution in [3.63, 3.8) is 0 Å². The molecule has 33 heavy (non-hydrogen) atoms. The number of H-pyrrole nitrogens is 1. The second kappa shape index (κ2) is 12.6. The van der Waals surface area contributed by atoms with Crippen LogP contribution in [0.4, 0.5) is 31.1 Å². The standard InChI is InChI=1S/C16H16F6N4O2.C2H6O.CH5N/c17-15(18,19)8-28-4-3-13-23-10-2-1-9(5-11(10)24-13)6-26-7-12(16(20,21)22)25-14(26)27;1-3-2;1-2/h1-2,5,12H,3-4,6-8H2,(H,23,24)(H,25,27);1-2H3;2H2,1H3. The zero-order chi connectivity index (χ0) is 25.2. The molecule has 0 spiro atoms. The number of ether oxygens (including phenoxy) is 2. The van der Waals surface area contributed by atoms with Gasteiger partial charge in [0, 0.05) is 27.2 Å². The molecule has 1 aliphatic heterocycles. The molecular weight excluding hydrogens is 460 g/mol. The van der Waals surface area contributed by atoms with Crippen molar-refractivity contribution in [1.82, 2.24) is 20.2 Å². The lowest BCUT2D eigenvalue weighted by molar-refractivity contribution is -0.173. The minimum absolute atomic E-state index is 0.0165. The predicted octanol–water partition coefficient (Wildman–Crippen LogP) is 2.98. The monoisotopic (exact) mass is 487 g/mol. The third-order valence-corrected chi connectivity index (χ3v) is 4.10. The van der Waals surface area contributed by atoms with Gasteiger partial charge in [-0.15, -0.1) is 0 Å². The summed E-state index contributed by atoms with van der Waals surface area (Å²) in [4.78, 5) is 19.9. The number of amides is 2. The van der Waals surface area contributed by atoms with E-state index in [4.69, 9.17) is 0 Å². The van der Waals surface area contributed by atoms with Crippen LogP contribution in [0.15, 0.2) is 18.2 Å². The number of hydrogen-bond acceptors (Lipinski definition) is 5. The first kappa shape index (κ1) is 28.5. The Hall–Kier alpha value is -2.58. The van der Waals surface area contributed by atoms with Crippen molar-refractivity contribution in [3.05, 3.63) is 29.6 Å². The number of nitrogens with one attached hydrogen (secondary N) is 2. The first-order valence-corrected chi connectivity index (χ1v) is 9.65. The molecule has 1 atom stereocenters. The number of nitrogens with zero attached hydrogens (tertiary/aromatic N) is 2. The van der Waals surface area contributed by atoms with Crippen molar-refractivity contribution in [2.24, 2.45) is 5.73 Å². The highest BCUT2D eigenvalue weighted by molar-refractivity contribution is 5.78. The maximum Gasteiger partial charge on any atom is 0.411 e. The fraction of sp³-hybridized carbons (Fsp3) is 0.579. The second-order valence-corrected chi connectivity index (χ2v) is 6.79. The summed E-state index contributed by atoms with van der Waals surface area (Å²) in [5.74, 6) is 0.422. The molecular formula is C19H27F6N5O3. The fourth-order valence-corrected chi connectivity index (χ4v) is 2.81. The first-order chi connectivity index (χ1) is 15.4. The Morgan fingerprint density at radius 3 is 2.36 bits per heavy atom.